The minimum Gasteiger partial charge on any atom is -0.462 e. The van der Waals surface area contributed by atoms with E-state index in [1.807, 2.05) is 6.07 Å². The van der Waals surface area contributed by atoms with Gasteiger partial charge in [0.2, 0.25) is 0 Å². The summed E-state index contributed by atoms with van der Waals surface area (Å²) in [6.45, 7) is 1.26. The van der Waals surface area contributed by atoms with Crippen LogP contribution in [0.2, 0.25) is 0 Å². The second-order valence-corrected chi connectivity index (χ2v) is 7.01. The quantitative estimate of drug-likeness (QED) is 0.783. The molecule has 0 N–H and O–H groups in total. The van der Waals surface area contributed by atoms with Crippen LogP contribution in [0.15, 0.2) is 24.3 Å². The number of aryl methyl sites for hydroxylation is 1. The van der Waals surface area contributed by atoms with E-state index < -0.39 is 0 Å². The molecular formula is C19H26N2O3. The first kappa shape index (κ1) is 16.8. The van der Waals surface area contributed by atoms with E-state index in [1.165, 1.54) is 11.1 Å². The van der Waals surface area contributed by atoms with E-state index in [9.17, 15) is 9.59 Å². The summed E-state index contributed by atoms with van der Waals surface area (Å²) in [5, 5.41) is 0. The van der Waals surface area contributed by atoms with Gasteiger partial charge in [0.15, 0.2) is 0 Å². The van der Waals surface area contributed by atoms with Crippen LogP contribution < -0.4 is 0 Å². The number of benzene rings is 1. The molecular weight excluding hydrogens is 304 g/mol. The van der Waals surface area contributed by atoms with Gasteiger partial charge in [0, 0.05) is 33.6 Å². The minimum absolute atomic E-state index is 0.00571. The number of hydrogen-bond acceptors (Lipinski definition) is 3. The topological polar surface area (TPSA) is 49.9 Å². The molecule has 1 aromatic rings. The van der Waals surface area contributed by atoms with Crippen molar-refractivity contribution >= 4 is 12.0 Å². The number of carbonyl (C=O) groups excluding carboxylic acids is 2. The Morgan fingerprint density at radius 3 is 2.42 bits per heavy atom. The number of nitrogens with zero attached hydrogens (tertiary/aromatic N) is 2. The van der Waals surface area contributed by atoms with Crippen LogP contribution in [0.25, 0.3) is 0 Å². The summed E-state index contributed by atoms with van der Waals surface area (Å²) < 4.78 is 5.78. The Morgan fingerprint density at radius 1 is 1.08 bits per heavy atom. The van der Waals surface area contributed by atoms with Crippen molar-refractivity contribution < 1.29 is 14.3 Å². The van der Waals surface area contributed by atoms with Crippen LogP contribution in [0.3, 0.4) is 0 Å². The lowest BCUT2D eigenvalue weighted by Crippen LogP contribution is -2.45. The fourth-order valence-electron chi connectivity index (χ4n) is 3.61. The number of piperidine rings is 1. The van der Waals surface area contributed by atoms with Gasteiger partial charge in [-0.25, -0.2) is 4.79 Å². The molecule has 1 aromatic carbocycles. The maximum absolute atomic E-state index is 12.5. The normalized spacial score (nSPS) is 21.1. The molecule has 3 rings (SSSR count). The van der Waals surface area contributed by atoms with E-state index in [0.29, 0.717) is 25.9 Å². The molecule has 0 aromatic heterocycles. The number of rotatable bonds is 2. The Bertz CT molecular complexity index is 606. The maximum atomic E-state index is 12.5. The van der Waals surface area contributed by atoms with E-state index in [4.69, 9.17) is 4.74 Å². The summed E-state index contributed by atoms with van der Waals surface area (Å²) in [6.07, 6.45) is 4.09. The average Bonchev–Trinajstić information content (AvgIpc) is 2.61. The first-order chi connectivity index (χ1) is 11.5. The monoisotopic (exact) mass is 330 g/mol. The van der Waals surface area contributed by atoms with Gasteiger partial charge in [-0.2, -0.15) is 0 Å². The van der Waals surface area contributed by atoms with Crippen LogP contribution in [0.1, 0.15) is 30.4 Å². The fourth-order valence-corrected chi connectivity index (χ4v) is 3.61. The van der Waals surface area contributed by atoms with Gasteiger partial charge in [0.1, 0.15) is 6.10 Å². The second kappa shape index (κ2) is 7.24. The molecule has 5 heteroatoms. The highest BCUT2D eigenvalue weighted by atomic mass is 16.5. The molecule has 1 aliphatic carbocycles. The lowest BCUT2D eigenvalue weighted by atomic mass is 9.89. The van der Waals surface area contributed by atoms with Gasteiger partial charge < -0.3 is 14.5 Å². The molecule has 1 fully saturated rings. The molecule has 24 heavy (non-hydrogen) atoms. The number of likely N-dealkylation sites (tertiary alicyclic amines) is 1. The van der Waals surface area contributed by atoms with Crippen molar-refractivity contribution in [3.63, 3.8) is 0 Å². The molecule has 0 saturated carbocycles. The summed E-state index contributed by atoms with van der Waals surface area (Å²) in [6, 6.07) is 8.41. The largest absolute Gasteiger partial charge is 0.462 e. The van der Waals surface area contributed by atoms with Crippen molar-refractivity contribution in [3.8, 4) is 0 Å². The average molecular weight is 330 g/mol. The van der Waals surface area contributed by atoms with Gasteiger partial charge in [-0.1, -0.05) is 24.3 Å². The predicted octanol–water partition coefficient (Wildman–Crippen LogP) is 2.48. The molecule has 2 aliphatic rings. The molecule has 0 bridgehead atoms. The van der Waals surface area contributed by atoms with Gasteiger partial charge in [-0.15, -0.1) is 0 Å². The zero-order valence-electron chi connectivity index (χ0n) is 14.5. The van der Waals surface area contributed by atoms with E-state index >= 15 is 0 Å². The van der Waals surface area contributed by atoms with Gasteiger partial charge in [-0.3, -0.25) is 4.79 Å². The van der Waals surface area contributed by atoms with Crippen LogP contribution in [0.4, 0.5) is 4.79 Å². The highest BCUT2D eigenvalue weighted by molar-refractivity contribution is 5.75. The molecule has 0 unspecified atom stereocenters. The van der Waals surface area contributed by atoms with Crippen LogP contribution in [-0.2, 0) is 22.4 Å². The summed E-state index contributed by atoms with van der Waals surface area (Å²) in [4.78, 5) is 27.8. The van der Waals surface area contributed by atoms with E-state index in [-0.39, 0.29) is 24.0 Å². The summed E-state index contributed by atoms with van der Waals surface area (Å²) in [7, 11) is 3.51. The van der Waals surface area contributed by atoms with Crippen LogP contribution >= 0.6 is 0 Å². The molecule has 1 heterocycles. The summed E-state index contributed by atoms with van der Waals surface area (Å²) >= 11 is 0. The lowest BCUT2D eigenvalue weighted by Gasteiger charge is -2.33. The molecule has 5 nitrogen and oxygen atoms in total. The van der Waals surface area contributed by atoms with Crippen LogP contribution in [0.5, 0.6) is 0 Å². The number of amides is 2. The Kier molecular flexibility index (Phi) is 5.07. The third-order valence-electron chi connectivity index (χ3n) is 5.07. The van der Waals surface area contributed by atoms with Gasteiger partial charge >= 0.3 is 12.0 Å². The second-order valence-electron chi connectivity index (χ2n) is 7.01. The number of ether oxygens (including phenoxy) is 1. The zero-order chi connectivity index (χ0) is 17.1. The Balaban J connectivity index is 1.49. The molecule has 1 saturated heterocycles. The standard InChI is InChI=1S/C19H26N2O3/c1-20(2)19(23)21-11-9-15(10-12-21)18(22)24-17-8-7-14-5-3-4-6-16(14)13-17/h3-6,15,17H,7-13H2,1-2H3/t17-/m1/s1. The number of fused-ring (bicyclic) bond motifs is 1. The molecule has 0 radical (unpaired) electrons. The number of hydrogen-bond donors (Lipinski definition) is 0. The van der Waals surface area contributed by atoms with Crippen molar-refractivity contribution in [1.82, 2.24) is 9.80 Å². The number of esters is 1. The molecule has 0 spiro atoms. The molecule has 2 amide bonds. The molecule has 130 valence electrons. The van der Waals surface area contributed by atoms with Crippen molar-refractivity contribution in [2.45, 2.75) is 38.2 Å². The van der Waals surface area contributed by atoms with Crippen LogP contribution in [0, 0.1) is 5.92 Å². The zero-order valence-corrected chi connectivity index (χ0v) is 14.5. The summed E-state index contributed by atoms with van der Waals surface area (Å²) in [5.41, 5.74) is 2.67. The fraction of sp³-hybridized carbons (Fsp3) is 0.579. The third kappa shape index (κ3) is 3.71. The predicted molar refractivity (Wildman–Crippen MR) is 91.7 cm³/mol. The number of carbonyl (C=O) groups is 2. The van der Waals surface area contributed by atoms with Crippen LogP contribution in [-0.4, -0.2) is 55.1 Å². The number of urea groups is 1. The first-order valence-corrected chi connectivity index (χ1v) is 8.78. The minimum atomic E-state index is -0.0867. The van der Waals surface area contributed by atoms with Gasteiger partial charge in [0.25, 0.3) is 0 Å². The molecule has 1 atom stereocenters. The van der Waals surface area contributed by atoms with Crippen molar-refractivity contribution in [2.75, 3.05) is 27.2 Å². The smallest absolute Gasteiger partial charge is 0.319 e. The molecule has 1 aliphatic heterocycles. The Hall–Kier alpha value is -2.04. The van der Waals surface area contributed by atoms with E-state index in [0.717, 1.165) is 19.3 Å². The van der Waals surface area contributed by atoms with E-state index in [1.54, 1.807) is 23.9 Å². The third-order valence-corrected chi connectivity index (χ3v) is 5.07. The first-order valence-electron chi connectivity index (χ1n) is 8.78. The van der Waals surface area contributed by atoms with Crippen molar-refractivity contribution in [2.24, 2.45) is 5.92 Å². The maximum Gasteiger partial charge on any atom is 0.319 e. The Morgan fingerprint density at radius 2 is 1.75 bits per heavy atom. The summed E-state index contributed by atoms with van der Waals surface area (Å²) in [5.74, 6) is -0.162. The van der Waals surface area contributed by atoms with E-state index in [2.05, 4.69) is 18.2 Å². The van der Waals surface area contributed by atoms with Crippen molar-refractivity contribution in [1.29, 1.82) is 0 Å². The highest BCUT2D eigenvalue weighted by Crippen LogP contribution is 2.25. The lowest BCUT2D eigenvalue weighted by molar-refractivity contribution is -0.156. The SMILES string of the molecule is CN(C)C(=O)N1CCC(C(=O)O[C@@H]2CCc3ccccc3C2)CC1. The highest BCUT2D eigenvalue weighted by Gasteiger charge is 2.31. The van der Waals surface area contributed by atoms with Crippen molar-refractivity contribution in [3.05, 3.63) is 35.4 Å². The Labute approximate surface area is 143 Å². The van der Waals surface area contributed by atoms with Gasteiger partial charge in [0.05, 0.1) is 5.92 Å². The van der Waals surface area contributed by atoms with Gasteiger partial charge in [-0.05, 0) is 36.8 Å².